The van der Waals surface area contributed by atoms with Gasteiger partial charge in [-0.15, -0.1) is 0 Å². The second-order valence-corrected chi connectivity index (χ2v) is 7.26. The molecule has 2 N–H and O–H groups in total. The monoisotopic (exact) mass is 327 g/mol. The number of hydrogen-bond acceptors (Lipinski definition) is 4. The minimum absolute atomic E-state index is 0.172. The average molecular weight is 327 g/mol. The summed E-state index contributed by atoms with van der Waals surface area (Å²) in [7, 11) is -2.08. The fraction of sp³-hybridized carbons (Fsp3) is 0.600. The van der Waals surface area contributed by atoms with E-state index in [1.165, 1.54) is 26.4 Å². The lowest BCUT2D eigenvalue weighted by Gasteiger charge is -2.29. The van der Waals surface area contributed by atoms with Crippen LogP contribution in [0.5, 0.6) is 5.75 Å². The van der Waals surface area contributed by atoms with Gasteiger partial charge in [0.2, 0.25) is 0 Å². The molecular weight excluding hydrogens is 302 g/mol. The first-order valence-corrected chi connectivity index (χ1v) is 9.12. The first kappa shape index (κ1) is 16.9. The van der Waals surface area contributed by atoms with Crippen LogP contribution in [0.3, 0.4) is 0 Å². The SMILES string of the molecule is COc1ccc(N2CCCCC2)cc1NS(=O)(=O)NC(C)C. The summed E-state index contributed by atoms with van der Waals surface area (Å²) in [6, 6.07) is 5.44. The lowest BCUT2D eigenvalue weighted by atomic mass is 10.1. The topological polar surface area (TPSA) is 70.7 Å². The van der Waals surface area contributed by atoms with Gasteiger partial charge in [0.05, 0.1) is 12.8 Å². The second-order valence-electron chi connectivity index (χ2n) is 5.81. The van der Waals surface area contributed by atoms with Crippen molar-refractivity contribution in [2.24, 2.45) is 0 Å². The second kappa shape index (κ2) is 7.19. The van der Waals surface area contributed by atoms with Crippen molar-refractivity contribution in [3.8, 4) is 5.75 Å². The fourth-order valence-electron chi connectivity index (χ4n) is 2.61. The zero-order valence-electron chi connectivity index (χ0n) is 13.4. The van der Waals surface area contributed by atoms with Crippen LogP contribution in [-0.2, 0) is 10.2 Å². The summed E-state index contributed by atoms with van der Waals surface area (Å²) < 4.78 is 34.5. The van der Waals surface area contributed by atoms with Gasteiger partial charge < -0.3 is 9.64 Å². The molecule has 0 radical (unpaired) electrons. The molecule has 1 aliphatic rings. The van der Waals surface area contributed by atoms with Crippen molar-refractivity contribution in [1.82, 2.24) is 4.72 Å². The van der Waals surface area contributed by atoms with Gasteiger partial charge in [0.15, 0.2) is 0 Å². The van der Waals surface area contributed by atoms with Crippen LogP contribution in [0.1, 0.15) is 33.1 Å². The first-order chi connectivity index (χ1) is 10.4. The van der Waals surface area contributed by atoms with Gasteiger partial charge in [0.25, 0.3) is 10.2 Å². The van der Waals surface area contributed by atoms with Crippen LogP contribution in [0.25, 0.3) is 0 Å². The molecule has 0 saturated carbocycles. The predicted molar refractivity (Wildman–Crippen MR) is 89.9 cm³/mol. The molecular formula is C15H25N3O3S. The van der Waals surface area contributed by atoms with Crippen LogP contribution in [0.4, 0.5) is 11.4 Å². The number of ether oxygens (including phenoxy) is 1. The van der Waals surface area contributed by atoms with E-state index in [-0.39, 0.29) is 6.04 Å². The normalized spacial score (nSPS) is 15.9. The van der Waals surface area contributed by atoms with Crippen molar-refractivity contribution in [2.75, 3.05) is 29.8 Å². The van der Waals surface area contributed by atoms with Crippen molar-refractivity contribution < 1.29 is 13.2 Å². The van der Waals surface area contributed by atoms with Gasteiger partial charge in [-0.3, -0.25) is 4.72 Å². The number of methoxy groups -OCH3 is 1. The van der Waals surface area contributed by atoms with E-state index in [0.29, 0.717) is 11.4 Å². The molecule has 0 amide bonds. The lowest BCUT2D eigenvalue weighted by molar-refractivity contribution is 0.416. The highest BCUT2D eigenvalue weighted by Crippen LogP contribution is 2.31. The molecule has 0 aromatic heterocycles. The van der Waals surface area contributed by atoms with Crippen LogP contribution in [0, 0.1) is 0 Å². The molecule has 1 heterocycles. The standard InChI is InChI=1S/C15H25N3O3S/c1-12(2)16-22(19,20)17-14-11-13(7-8-15(14)21-3)18-9-5-4-6-10-18/h7-8,11-12,16-17H,4-6,9-10H2,1-3H3. The largest absolute Gasteiger partial charge is 0.495 e. The molecule has 0 bridgehead atoms. The quantitative estimate of drug-likeness (QED) is 0.841. The summed E-state index contributed by atoms with van der Waals surface area (Å²) in [6.45, 7) is 5.56. The van der Waals surface area contributed by atoms with E-state index in [4.69, 9.17) is 4.74 Å². The molecule has 1 aromatic rings. The molecule has 6 nitrogen and oxygen atoms in total. The molecule has 1 aromatic carbocycles. The lowest BCUT2D eigenvalue weighted by Crippen LogP contribution is -2.35. The Balaban J connectivity index is 2.24. The zero-order chi connectivity index (χ0) is 16.2. The highest BCUT2D eigenvalue weighted by atomic mass is 32.2. The Hall–Kier alpha value is -1.47. The van der Waals surface area contributed by atoms with Gasteiger partial charge in [0.1, 0.15) is 5.75 Å². The van der Waals surface area contributed by atoms with Gasteiger partial charge in [-0.2, -0.15) is 13.1 Å². The van der Waals surface area contributed by atoms with Gasteiger partial charge in [-0.25, -0.2) is 0 Å². The maximum absolute atomic E-state index is 12.1. The molecule has 0 unspecified atom stereocenters. The Morgan fingerprint density at radius 1 is 1.18 bits per heavy atom. The minimum atomic E-state index is -3.61. The molecule has 2 rings (SSSR count). The maximum atomic E-state index is 12.1. The van der Waals surface area contributed by atoms with Crippen molar-refractivity contribution in [3.63, 3.8) is 0 Å². The van der Waals surface area contributed by atoms with E-state index in [9.17, 15) is 8.42 Å². The highest BCUT2D eigenvalue weighted by molar-refractivity contribution is 7.90. The first-order valence-electron chi connectivity index (χ1n) is 7.64. The van der Waals surface area contributed by atoms with E-state index in [1.54, 1.807) is 19.9 Å². The Bertz CT molecular complexity index is 596. The van der Waals surface area contributed by atoms with Gasteiger partial charge in [-0.05, 0) is 51.3 Å². The fourth-order valence-corrected chi connectivity index (χ4v) is 3.74. The molecule has 22 heavy (non-hydrogen) atoms. The minimum Gasteiger partial charge on any atom is -0.495 e. The smallest absolute Gasteiger partial charge is 0.299 e. The average Bonchev–Trinajstić information content (AvgIpc) is 2.46. The number of nitrogens with one attached hydrogen (secondary N) is 2. The summed E-state index contributed by atoms with van der Waals surface area (Å²) in [5.74, 6) is 0.509. The number of nitrogens with zero attached hydrogens (tertiary/aromatic N) is 1. The number of piperidine rings is 1. The predicted octanol–water partition coefficient (Wildman–Crippen LogP) is 2.34. The molecule has 7 heteroatoms. The maximum Gasteiger partial charge on any atom is 0.299 e. The third-order valence-electron chi connectivity index (χ3n) is 3.54. The molecule has 0 atom stereocenters. The van der Waals surface area contributed by atoms with E-state index in [0.717, 1.165) is 18.8 Å². The Kier molecular flexibility index (Phi) is 5.52. The Morgan fingerprint density at radius 3 is 2.45 bits per heavy atom. The Morgan fingerprint density at radius 2 is 1.86 bits per heavy atom. The molecule has 1 aliphatic heterocycles. The van der Waals surface area contributed by atoms with Gasteiger partial charge in [0, 0.05) is 24.8 Å². The van der Waals surface area contributed by atoms with Gasteiger partial charge >= 0.3 is 0 Å². The third kappa shape index (κ3) is 4.51. The number of rotatable bonds is 6. The van der Waals surface area contributed by atoms with E-state index < -0.39 is 10.2 Å². The summed E-state index contributed by atoms with van der Waals surface area (Å²) in [6.07, 6.45) is 3.59. The summed E-state index contributed by atoms with van der Waals surface area (Å²) >= 11 is 0. The van der Waals surface area contributed by atoms with Crippen molar-refractivity contribution >= 4 is 21.6 Å². The van der Waals surface area contributed by atoms with Crippen LogP contribution < -0.4 is 19.1 Å². The van der Waals surface area contributed by atoms with Crippen LogP contribution in [-0.4, -0.2) is 34.7 Å². The van der Waals surface area contributed by atoms with Crippen molar-refractivity contribution in [1.29, 1.82) is 0 Å². The number of hydrogen-bond donors (Lipinski definition) is 2. The molecule has 124 valence electrons. The van der Waals surface area contributed by atoms with E-state index in [2.05, 4.69) is 14.3 Å². The van der Waals surface area contributed by atoms with E-state index >= 15 is 0 Å². The molecule has 0 aliphatic carbocycles. The number of anilines is 2. The number of benzene rings is 1. The summed E-state index contributed by atoms with van der Waals surface area (Å²) in [5, 5.41) is 0. The highest BCUT2D eigenvalue weighted by Gasteiger charge is 2.17. The van der Waals surface area contributed by atoms with Crippen LogP contribution >= 0.6 is 0 Å². The van der Waals surface area contributed by atoms with Crippen LogP contribution in [0.2, 0.25) is 0 Å². The third-order valence-corrected chi connectivity index (χ3v) is 4.81. The molecule has 1 saturated heterocycles. The van der Waals surface area contributed by atoms with Crippen molar-refractivity contribution in [2.45, 2.75) is 39.2 Å². The Labute approximate surface area is 133 Å². The zero-order valence-corrected chi connectivity index (χ0v) is 14.2. The van der Waals surface area contributed by atoms with Crippen molar-refractivity contribution in [3.05, 3.63) is 18.2 Å². The molecule has 0 spiro atoms. The van der Waals surface area contributed by atoms with Crippen LogP contribution in [0.15, 0.2) is 18.2 Å². The molecule has 1 fully saturated rings. The van der Waals surface area contributed by atoms with E-state index in [1.807, 2.05) is 12.1 Å². The summed E-state index contributed by atoms with van der Waals surface area (Å²) in [5.41, 5.74) is 1.47. The summed E-state index contributed by atoms with van der Waals surface area (Å²) in [4.78, 5) is 2.27. The van der Waals surface area contributed by atoms with Gasteiger partial charge in [-0.1, -0.05) is 0 Å².